The second kappa shape index (κ2) is 16.7. The number of hydroxylamine groups is 6. The predicted molar refractivity (Wildman–Crippen MR) is 253 cm³/mol. The standard InChI is InChI=1S/C53H90N4O4/c1-46(2)26-22-38(32-50(9,10)55(46)58)42-30-36-20-21-41(37-23-27-47(3,4)56(60-18)51(11,12)33-37)45(40-25-29-53(15,59-17)54(16)49(7,8)35-40)44(36)31-43(42)39-24-28-48(5,6)57(61-19)52(13,14)34-39/h20-21,30-31,37-40,58H,22-29,32-35H2,1-19H3. The topological polar surface area (TPSA) is 60.9 Å². The van der Waals surface area contributed by atoms with E-state index in [1.54, 1.807) is 16.2 Å². The van der Waals surface area contributed by atoms with Crippen molar-refractivity contribution in [3.05, 3.63) is 46.5 Å². The molecule has 5 atom stereocenters. The maximum Gasteiger partial charge on any atom is 0.118 e. The van der Waals surface area contributed by atoms with Gasteiger partial charge in [-0.15, -0.1) is 0 Å². The molecule has 4 fully saturated rings. The summed E-state index contributed by atoms with van der Waals surface area (Å²) < 4.78 is 6.38. The van der Waals surface area contributed by atoms with Crippen LogP contribution in [0.25, 0.3) is 10.8 Å². The van der Waals surface area contributed by atoms with E-state index in [1.165, 1.54) is 21.9 Å². The maximum absolute atomic E-state index is 11.7. The first kappa shape index (κ1) is 48.8. The van der Waals surface area contributed by atoms with Crippen LogP contribution < -0.4 is 0 Å². The molecule has 4 aliphatic heterocycles. The van der Waals surface area contributed by atoms with Crippen molar-refractivity contribution in [3.8, 4) is 0 Å². The Hall–Kier alpha value is -1.62. The van der Waals surface area contributed by atoms with Crippen LogP contribution in [-0.4, -0.2) is 98.2 Å². The normalized spacial score (nSPS) is 33.4. The fourth-order valence-corrected chi connectivity index (χ4v) is 14.0. The number of hydrogen-bond acceptors (Lipinski definition) is 8. The van der Waals surface area contributed by atoms with Gasteiger partial charge >= 0.3 is 0 Å². The molecular formula is C53H90N4O4. The molecule has 4 saturated heterocycles. The van der Waals surface area contributed by atoms with Crippen molar-refractivity contribution in [2.24, 2.45) is 0 Å². The summed E-state index contributed by atoms with van der Waals surface area (Å²) in [5.74, 6) is 1.43. The summed E-state index contributed by atoms with van der Waals surface area (Å²) in [5, 5.41) is 20.8. The van der Waals surface area contributed by atoms with E-state index in [0.29, 0.717) is 23.7 Å². The first-order valence-electron chi connectivity index (χ1n) is 24.0. The van der Waals surface area contributed by atoms with Crippen molar-refractivity contribution < 1.29 is 19.6 Å². The van der Waals surface area contributed by atoms with E-state index in [0.717, 1.165) is 77.0 Å². The molecule has 0 radical (unpaired) electrons. The Morgan fingerprint density at radius 1 is 0.492 bits per heavy atom. The van der Waals surface area contributed by atoms with Crippen molar-refractivity contribution >= 4 is 10.8 Å². The third kappa shape index (κ3) is 9.15. The van der Waals surface area contributed by atoms with Crippen LogP contribution >= 0.6 is 0 Å². The number of nitrogens with zero attached hydrogens (tertiary/aromatic N) is 4. The molecule has 0 bridgehead atoms. The lowest BCUT2D eigenvalue weighted by Gasteiger charge is -2.45. The molecule has 2 aromatic rings. The van der Waals surface area contributed by atoms with Gasteiger partial charge in [0.2, 0.25) is 0 Å². The highest BCUT2D eigenvalue weighted by atomic mass is 16.7. The lowest BCUT2D eigenvalue weighted by atomic mass is 9.72. The van der Waals surface area contributed by atoms with Gasteiger partial charge < -0.3 is 19.6 Å². The van der Waals surface area contributed by atoms with Crippen LogP contribution in [0.5, 0.6) is 0 Å². The highest BCUT2D eigenvalue weighted by Crippen LogP contribution is 2.53. The van der Waals surface area contributed by atoms with E-state index >= 15 is 0 Å². The minimum Gasteiger partial charge on any atom is -0.364 e. The zero-order valence-corrected chi connectivity index (χ0v) is 42.6. The zero-order chi connectivity index (χ0) is 45.5. The molecule has 346 valence electrons. The second-order valence-corrected chi connectivity index (χ2v) is 24.9. The summed E-state index contributed by atoms with van der Waals surface area (Å²) in [4.78, 5) is 15.0. The molecule has 5 unspecified atom stereocenters. The van der Waals surface area contributed by atoms with Gasteiger partial charge in [0.15, 0.2) is 0 Å². The van der Waals surface area contributed by atoms with Gasteiger partial charge in [-0.2, -0.15) is 15.2 Å². The van der Waals surface area contributed by atoms with Crippen LogP contribution in [0.1, 0.15) is 227 Å². The molecule has 6 rings (SSSR count). The summed E-state index contributed by atoms with van der Waals surface area (Å²) in [7, 11) is 7.89. The Labute approximate surface area is 373 Å². The van der Waals surface area contributed by atoms with Gasteiger partial charge in [-0.05, 0) is 245 Å². The van der Waals surface area contributed by atoms with Crippen molar-refractivity contribution in [3.63, 3.8) is 0 Å². The average Bonchev–Trinajstić information content (AvgIpc) is 3.41. The SMILES string of the molecule is CON1C(C)(C)CCC(c2cc3c(C4CCC(C)(OC)N(C)C(C)(C)C4)c(C4CCC(C)(C)N(OC)C(C)(C)C4)ccc3cc2C2CCC(C)(C)N(O)C(C)(C)C2)CC1(C)C. The number of methoxy groups -OCH3 is 1. The first-order chi connectivity index (χ1) is 28.0. The van der Waals surface area contributed by atoms with E-state index in [1.807, 2.05) is 21.3 Å². The molecule has 2 aromatic carbocycles. The third-order valence-corrected chi connectivity index (χ3v) is 17.0. The summed E-state index contributed by atoms with van der Waals surface area (Å²) >= 11 is 0. The first-order valence-corrected chi connectivity index (χ1v) is 24.0. The van der Waals surface area contributed by atoms with E-state index in [-0.39, 0.29) is 44.5 Å². The Kier molecular flexibility index (Phi) is 13.3. The smallest absolute Gasteiger partial charge is 0.118 e. The van der Waals surface area contributed by atoms with Crippen molar-refractivity contribution in [1.29, 1.82) is 0 Å². The molecule has 0 aromatic heterocycles. The van der Waals surface area contributed by atoms with Crippen LogP contribution in [0, 0.1) is 0 Å². The van der Waals surface area contributed by atoms with Gasteiger partial charge in [0.25, 0.3) is 0 Å². The molecule has 8 nitrogen and oxygen atoms in total. The fourth-order valence-electron chi connectivity index (χ4n) is 14.0. The lowest BCUT2D eigenvalue weighted by molar-refractivity contribution is -0.245. The molecule has 1 N–H and O–H groups in total. The Balaban J connectivity index is 1.65. The van der Waals surface area contributed by atoms with Crippen LogP contribution in [0.3, 0.4) is 0 Å². The van der Waals surface area contributed by atoms with Crippen molar-refractivity contribution in [2.45, 2.75) is 249 Å². The maximum atomic E-state index is 11.7. The van der Waals surface area contributed by atoms with Gasteiger partial charge in [0.05, 0.1) is 14.2 Å². The highest BCUT2D eigenvalue weighted by molar-refractivity contribution is 5.89. The highest BCUT2D eigenvalue weighted by Gasteiger charge is 2.49. The van der Waals surface area contributed by atoms with E-state index in [2.05, 4.69) is 150 Å². The quantitative estimate of drug-likeness (QED) is 0.296. The molecule has 8 heteroatoms. The summed E-state index contributed by atoms with van der Waals surface area (Å²) in [6.45, 7) is 35.0. The number of rotatable bonds is 7. The number of ether oxygens (including phenoxy) is 1. The van der Waals surface area contributed by atoms with Gasteiger partial charge in [0.1, 0.15) is 5.72 Å². The number of benzene rings is 2. The van der Waals surface area contributed by atoms with Crippen molar-refractivity contribution in [2.75, 3.05) is 28.4 Å². The Morgan fingerprint density at radius 2 is 0.918 bits per heavy atom. The minimum atomic E-state index is -0.369. The molecular weight excluding hydrogens is 757 g/mol. The summed E-state index contributed by atoms with van der Waals surface area (Å²) in [6.07, 6.45) is 12.4. The Bertz CT molecular complexity index is 1880. The molecule has 61 heavy (non-hydrogen) atoms. The van der Waals surface area contributed by atoms with E-state index in [9.17, 15) is 5.21 Å². The van der Waals surface area contributed by atoms with Crippen LogP contribution in [0.15, 0.2) is 24.3 Å². The Morgan fingerprint density at radius 3 is 1.41 bits per heavy atom. The molecule has 4 aliphatic rings. The molecule has 4 heterocycles. The largest absolute Gasteiger partial charge is 0.364 e. The van der Waals surface area contributed by atoms with E-state index in [4.69, 9.17) is 14.4 Å². The monoisotopic (exact) mass is 847 g/mol. The zero-order valence-electron chi connectivity index (χ0n) is 42.6. The minimum absolute atomic E-state index is 0.0822. The van der Waals surface area contributed by atoms with Crippen molar-refractivity contribution in [1.82, 2.24) is 20.1 Å². The molecule has 0 saturated carbocycles. The lowest BCUT2D eigenvalue weighted by Crippen LogP contribution is -2.54. The predicted octanol–water partition coefficient (Wildman–Crippen LogP) is 13.1. The van der Waals surface area contributed by atoms with Crippen LogP contribution in [0.2, 0.25) is 0 Å². The summed E-state index contributed by atoms with van der Waals surface area (Å²) in [6, 6.07) is 10.4. The second-order valence-electron chi connectivity index (χ2n) is 24.9. The van der Waals surface area contributed by atoms with Gasteiger partial charge in [-0.3, -0.25) is 4.90 Å². The molecule has 0 spiro atoms. The van der Waals surface area contributed by atoms with Gasteiger partial charge in [0, 0.05) is 45.9 Å². The third-order valence-electron chi connectivity index (χ3n) is 17.0. The van der Waals surface area contributed by atoms with Crippen LogP contribution in [0.4, 0.5) is 0 Å². The number of hydrogen-bond donors (Lipinski definition) is 1. The fraction of sp³-hybridized carbons (Fsp3) is 0.811. The van der Waals surface area contributed by atoms with Gasteiger partial charge in [-0.1, -0.05) is 24.3 Å². The molecule has 0 aliphatic carbocycles. The number of fused-ring (bicyclic) bond motifs is 1. The van der Waals surface area contributed by atoms with Gasteiger partial charge in [-0.25, -0.2) is 0 Å². The summed E-state index contributed by atoms with van der Waals surface area (Å²) in [5.41, 5.74) is 4.53. The molecule has 0 amide bonds. The average molecular weight is 847 g/mol. The number of likely N-dealkylation sites (tertiary alicyclic amines) is 1. The van der Waals surface area contributed by atoms with E-state index < -0.39 is 0 Å². The van der Waals surface area contributed by atoms with Crippen LogP contribution in [-0.2, 0) is 14.4 Å².